The Hall–Kier alpha value is -5.38. The maximum Gasteiger partial charge on any atom is 0.245 e. The van der Waals surface area contributed by atoms with Gasteiger partial charge < -0.3 is 42.2 Å². The lowest BCUT2D eigenvalue weighted by Crippen LogP contribution is -2.64. The molecule has 288 valence electrons. The highest BCUT2D eigenvalue weighted by molar-refractivity contribution is 7.98. The van der Waals surface area contributed by atoms with Crippen LogP contribution in [0.4, 0.5) is 0 Å². The van der Waals surface area contributed by atoms with Crippen LogP contribution >= 0.6 is 11.8 Å². The van der Waals surface area contributed by atoms with Gasteiger partial charge in [-0.3, -0.25) is 33.6 Å². The Bertz CT molecular complexity index is 1850. The van der Waals surface area contributed by atoms with Crippen molar-refractivity contribution in [2.24, 2.45) is 5.92 Å². The molecular weight excluding hydrogens is 713 g/mol. The summed E-state index contributed by atoms with van der Waals surface area (Å²) in [4.78, 5) is 101. The molecule has 7 amide bonds. The molecule has 0 saturated carbocycles. The Balaban J connectivity index is 1.58. The van der Waals surface area contributed by atoms with Crippen LogP contribution < -0.4 is 37.2 Å². The van der Waals surface area contributed by atoms with Crippen molar-refractivity contribution in [1.82, 2.24) is 42.2 Å². The van der Waals surface area contributed by atoms with Gasteiger partial charge in [-0.1, -0.05) is 62.4 Å². The lowest BCUT2D eigenvalue weighted by Gasteiger charge is -2.30. The molecule has 3 heterocycles. The van der Waals surface area contributed by atoms with Gasteiger partial charge in [0.2, 0.25) is 41.4 Å². The lowest BCUT2D eigenvalue weighted by molar-refractivity contribution is -0.138. The molecule has 2 bridgehead atoms. The van der Waals surface area contributed by atoms with Gasteiger partial charge in [-0.2, -0.15) is 11.8 Å². The molecule has 54 heavy (non-hydrogen) atoms. The van der Waals surface area contributed by atoms with Crippen molar-refractivity contribution >= 4 is 64.0 Å². The number of carbonyl (C=O) groups is 7. The number of hydrogen-bond acceptors (Lipinski definition) is 8. The summed E-state index contributed by atoms with van der Waals surface area (Å²) >= 11 is 1.45. The molecule has 8 N–H and O–H groups in total. The van der Waals surface area contributed by atoms with E-state index in [1.54, 1.807) is 30.5 Å². The van der Waals surface area contributed by atoms with E-state index < -0.39 is 90.6 Å². The number of para-hydroxylation sites is 1. The normalized spacial score (nSPS) is 24.9. The SMILES string of the molecule is CSCC[C@@H]1NC(=O)[C@H](CC(C)C)NC(=O)[C@@H]2CNC(=O)C[C@H](NC1=O)C(=O)N[C@@H](Cc1c[nH]c3ccccc13)C(=O)N[C@@H](Cc1ccccc1)C(=O)N2. The van der Waals surface area contributed by atoms with Crippen molar-refractivity contribution in [3.05, 3.63) is 71.9 Å². The smallest absolute Gasteiger partial charge is 0.245 e. The van der Waals surface area contributed by atoms with E-state index in [-0.39, 0.29) is 31.6 Å². The fraction of sp³-hybridized carbons (Fsp3) is 0.447. The summed E-state index contributed by atoms with van der Waals surface area (Å²) < 4.78 is 0. The van der Waals surface area contributed by atoms with Crippen LogP contribution in [0.2, 0.25) is 0 Å². The predicted molar refractivity (Wildman–Crippen MR) is 204 cm³/mol. The van der Waals surface area contributed by atoms with Crippen LogP contribution in [0.25, 0.3) is 10.9 Å². The van der Waals surface area contributed by atoms with Crippen LogP contribution in [0.1, 0.15) is 44.2 Å². The number of hydrogen-bond donors (Lipinski definition) is 8. The molecule has 0 spiro atoms. The molecule has 3 aromatic rings. The van der Waals surface area contributed by atoms with Crippen molar-refractivity contribution in [2.45, 2.75) is 82.2 Å². The number of nitrogens with one attached hydrogen (secondary N) is 8. The summed E-state index contributed by atoms with van der Waals surface area (Å²) in [6.45, 7) is 3.33. The second kappa shape index (κ2) is 18.6. The summed E-state index contributed by atoms with van der Waals surface area (Å²) in [6.07, 6.45) is 3.42. The summed E-state index contributed by atoms with van der Waals surface area (Å²) in [5, 5.41) is 19.8. The molecule has 2 aliphatic heterocycles. The highest BCUT2D eigenvalue weighted by Gasteiger charge is 2.37. The van der Waals surface area contributed by atoms with Crippen molar-refractivity contribution in [3.63, 3.8) is 0 Å². The summed E-state index contributed by atoms with van der Waals surface area (Å²) in [5.41, 5.74) is 2.22. The van der Waals surface area contributed by atoms with Crippen LogP contribution in [-0.2, 0) is 46.4 Å². The second-order valence-electron chi connectivity index (χ2n) is 14.0. The molecule has 2 saturated heterocycles. The first kappa shape index (κ1) is 39.8. The Morgan fingerprint density at radius 3 is 1.96 bits per heavy atom. The molecule has 1 aromatic heterocycles. The van der Waals surface area contributed by atoms with Gasteiger partial charge in [0.25, 0.3) is 0 Å². The summed E-state index contributed by atoms with van der Waals surface area (Å²) in [6, 6.07) is 8.84. The minimum absolute atomic E-state index is 0.0111. The Morgan fingerprint density at radius 1 is 0.648 bits per heavy atom. The van der Waals surface area contributed by atoms with Gasteiger partial charge in [-0.05, 0) is 48.0 Å². The fourth-order valence-corrected chi connectivity index (χ4v) is 6.99. The number of aromatic nitrogens is 1. The molecule has 6 atom stereocenters. The zero-order valence-electron chi connectivity index (χ0n) is 30.5. The number of aromatic amines is 1. The highest BCUT2D eigenvalue weighted by atomic mass is 32.2. The number of H-pyrrole nitrogens is 1. The van der Waals surface area contributed by atoms with Crippen LogP contribution in [0.3, 0.4) is 0 Å². The minimum atomic E-state index is -1.47. The van der Waals surface area contributed by atoms with E-state index in [9.17, 15) is 33.6 Å². The third-order valence-corrected chi connectivity index (χ3v) is 10.0. The second-order valence-corrected chi connectivity index (χ2v) is 15.0. The van der Waals surface area contributed by atoms with E-state index in [2.05, 4.69) is 42.2 Å². The van der Waals surface area contributed by atoms with Gasteiger partial charge in [0.15, 0.2) is 0 Å². The molecule has 0 radical (unpaired) electrons. The Kier molecular flexibility index (Phi) is 13.7. The number of benzene rings is 2. The predicted octanol–water partition coefficient (Wildman–Crippen LogP) is 0.195. The quantitative estimate of drug-likeness (QED) is 0.150. The number of thioether (sulfide) groups is 1. The minimum Gasteiger partial charge on any atom is -0.361 e. The zero-order chi connectivity index (χ0) is 38.8. The molecule has 2 aromatic carbocycles. The molecule has 0 aliphatic carbocycles. The first-order valence-electron chi connectivity index (χ1n) is 18.1. The molecule has 15 nitrogen and oxygen atoms in total. The fourth-order valence-electron chi connectivity index (χ4n) is 6.52. The summed E-state index contributed by atoms with van der Waals surface area (Å²) in [5.74, 6) is -4.59. The van der Waals surface area contributed by atoms with Gasteiger partial charge in [0.05, 0.1) is 6.42 Å². The monoisotopic (exact) mass is 760 g/mol. The van der Waals surface area contributed by atoms with Crippen LogP contribution in [-0.4, -0.2) is 101 Å². The first-order valence-corrected chi connectivity index (χ1v) is 19.5. The molecule has 2 aliphatic rings. The van der Waals surface area contributed by atoms with Crippen molar-refractivity contribution in [2.75, 3.05) is 18.6 Å². The third-order valence-electron chi connectivity index (χ3n) is 9.39. The van der Waals surface area contributed by atoms with Crippen molar-refractivity contribution in [1.29, 1.82) is 0 Å². The van der Waals surface area contributed by atoms with Gasteiger partial charge in [0.1, 0.15) is 36.3 Å². The number of rotatable bonds is 9. The number of carbonyl (C=O) groups excluding carboxylic acids is 7. The molecular formula is C38H48N8O7S. The zero-order valence-corrected chi connectivity index (χ0v) is 31.3. The maximum absolute atomic E-state index is 14.3. The van der Waals surface area contributed by atoms with E-state index >= 15 is 0 Å². The highest BCUT2D eigenvalue weighted by Crippen LogP contribution is 2.20. The van der Waals surface area contributed by atoms with E-state index in [4.69, 9.17) is 0 Å². The molecule has 5 rings (SSSR count). The van der Waals surface area contributed by atoms with Gasteiger partial charge in [-0.15, -0.1) is 0 Å². The van der Waals surface area contributed by atoms with Crippen LogP contribution in [0.5, 0.6) is 0 Å². The van der Waals surface area contributed by atoms with E-state index in [0.717, 1.165) is 10.9 Å². The number of amides is 7. The molecule has 16 heteroatoms. The molecule has 0 unspecified atom stereocenters. The third kappa shape index (κ3) is 10.6. The number of fused-ring (bicyclic) bond motifs is 6. The van der Waals surface area contributed by atoms with Crippen molar-refractivity contribution < 1.29 is 33.6 Å². The maximum atomic E-state index is 14.3. The standard InChI is InChI=1S/C38H48N8O7S/c1-21(2)15-27-34(49)41-26(13-14-54-3)33(48)45-30-18-32(47)40-20-31(38(53)42-27)46-35(50)28(16-22-9-5-4-6-10-22)43-36(51)29(44-37(30)52)17-23-19-39-25-12-8-7-11-24(23)25/h4-12,19,21,26-31,39H,13-18,20H2,1-3H3,(H,40,47)(H,41,49)(H,42,53)(H,43,51)(H,44,52)(H,45,48)(H,46,50)/t26-,27-,28-,29-,30-,31-/m0/s1. The van der Waals surface area contributed by atoms with Gasteiger partial charge >= 0.3 is 0 Å². The van der Waals surface area contributed by atoms with E-state index in [1.807, 2.05) is 50.4 Å². The van der Waals surface area contributed by atoms with Crippen LogP contribution in [0, 0.1) is 5.92 Å². The Morgan fingerprint density at radius 2 is 1.22 bits per heavy atom. The average Bonchev–Trinajstić information content (AvgIpc) is 3.55. The van der Waals surface area contributed by atoms with Gasteiger partial charge in [-0.25, -0.2) is 0 Å². The van der Waals surface area contributed by atoms with E-state index in [0.29, 0.717) is 16.9 Å². The lowest BCUT2D eigenvalue weighted by atomic mass is 10.00. The van der Waals surface area contributed by atoms with Crippen LogP contribution in [0.15, 0.2) is 60.8 Å². The molecule has 2 fully saturated rings. The average molecular weight is 761 g/mol. The van der Waals surface area contributed by atoms with E-state index in [1.165, 1.54) is 11.8 Å². The van der Waals surface area contributed by atoms with Gasteiger partial charge in [0, 0.05) is 36.5 Å². The van der Waals surface area contributed by atoms with Crippen molar-refractivity contribution in [3.8, 4) is 0 Å². The largest absolute Gasteiger partial charge is 0.361 e. The topological polar surface area (TPSA) is 219 Å². The summed E-state index contributed by atoms with van der Waals surface area (Å²) in [7, 11) is 0. The Labute approximate surface area is 317 Å². The first-order chi connectivity index (χ1) is 25.9.